The largest absolute Gasteiger partial charge is 0.324 e. The highest BCUT2D eigenvalue weighted by Crippen LogP contribution is 2.29. The van der Waals surface area contributed by atoms with E-state index < -0.39 is 9.84 Å². The van der Waals surface area contributed by atoms with Gasteiger partial charge in [-0.1, -0.05) is 18.2 Å². The van der Waals surface area contributed by atoms with Gasteiger partial charge in [0.25, 0.3) is 0 Å². The van der Waals surface area contributed by atoms with E-state index in [0.29, 0.717) is 12.4 Å². The lowest BCUT2D eigenvalue weighted by molar-refractivity contribution is 0.601. The molecular weight excluding hydrogens is 286 g/mol. The van der Waals surface area contributed by atoms with Crippen molar-refractivity contribution in [2.75, 3.05) is 17.7 Å². The van der Waals surface area contributed by atoms with Gasteiger partial charge in [-0.2, -0.15) is 5.26 Å². The van der Waals surface area contributed by atoms with Crippen LogP contribution in [-0.4, -0.2) is 26.2 Å². The fourth-order valence-corrected chi connectivity index (χ4v) is 2.82. The quantitative estimate of drug-likeness (QED) is 0.848. The zero-order valence-corrected chi connectivity index (χ0v) is 12.4. The van der Waals surface area contributed by atoms with Gasteiger partial charge in [0.15, 0.2) is 15.7 Å². The smallest absolute Gasteiger partial charge is 0.179 e. The summed E-state index contributed by atoms with van der Waals surface area (Å²) in [6.45, 7) is 0.375. The second-order valence-electron chi connectivity index (χ2n) is 4.49. The van der Waals surface area contributed by atoms with E-state index in [0.717, 1.165) is 11.9 Å². The number of para-hydroxylation sites is 1. The minimum Gasteiger partial charge on any atom is -0.324 e. The van der Waals surface area contributed by atoms with Gasteiger partial charge in [-0.05, 0) is 24.3 Å². The van der Waals surface area contributed by atoms with Crippen molar-refractivity contribution in [3.63, 3.8) is 0 Å². The summed E-state index contributed by atoms with van der Waals surface area (Å²) in [4.78, 5) is 6.12. The Kier molecular flexibility index (Phi) is 4.55. The van der Waals surface area contributed by atoms with Crippen molar-refractivity contribution in [3.05, 3.63) is 48.7 Å². The number of nitriles is 1. The SMILES string of the molecule is CS(=O)(=O)c1cccnc1N(CCC#N)c1ccccc1. The second-order valence-corrected chi connectivity index (χ2v) is 6.48. The Morgan fingerprint density at radius 2 is 1.90 bits per heavy atom. The molecule has 0 atom stereocenters. The fourth-order valence-electron chi connectivity index (χ4n) is 2.00. The first-order valence-electron chi connectivity index (χ1n) is 6.38. The maximum atomic E-state index is 11.9. The summed E-state index contributed by atoms with van der Waals surface area (Å²) < 4.78 is 23.9. The molecule has 0 fully saturated rings. The molecule has 0 N–H and O–H groups in total. The lowest BCUT2D eigenvalue weighted by Gasteiger charge is -2.24. The average molecular weight is 301 g/mol. The molecule has 0 aliphatic heterocycles. The number of benzene rings is 1. The molecule has 0 saturated heterocycles. The summed E-state index contributed by atoms with van der Waals surface area (Å²) in [5.74, 6) is 0.349. The van der Waals surface area contributed by atoms with Gasteiger partial charge < -0.3 is 4.90 Å². The van der Waals surface area contributed by atoms with Crippen molar-refractivity contribution in [3.8, 4) is 6.07 Å². The predicted molar refractivity (Wildman–Crippen MR) is 81.0 cm³/mol. The van der Waals surface area contributed by atoms with Gasteiger partial charge in [0.2, 0.25) is 0 Å². The van der Waals surface area contributed by atoms with E-state index in [9.17, 15) is 8.42 Å². The molecule has 0 aliphatic rings. The Morgan fingerprint density at radius 3 is 2.52 bits per heavy atom. The third-order valence-corrected chi connectivity index (χ3v) is 4.04. The molecule has 0 saturated carbocycles. The number of hydrogen-bond donors (Lipinski definition) is 0. The van der Waals surface area contributed by atoms with Crippen LogP contribution in [0.5, 0.6) is 0 Å². The van der Waals surface area contributed by atoms with Crippen molar-refractivity contribution in [2.24, 2.45) is 0 Å². The van der Waals surface area contributed by atoms with Crippen molar-refractivity contribution < 1.29 is 8.42 Å². The summed E-state index contributed by atoms with van der Waals surface area (Å²) in [5, 5.41) is 8.82. The van der Waals surface area contributed by atoms with Crippen molar-refractivity contribution in [2.45, 2.75) is 11.3 Å². The van der Waals surface area contributed by atoms with Crippen molar-refractivity contribution in [1.29, 1.82) is 5.26 Å². The Balaban J connectivity index is 2.56. The Bertz CT molecular complexity index is 752. The molecule has 1 aromatic carbocycles. The van der Waals surface area contributed by atoms with Gasteiger partial charge in [0.05, 0.1) is 12.5 Å². The van der Waals surface area contributed by atoms with E-state index in [4.69, 9.17) is 5.26 Å². The number of aromatic nitrogens is 1. The van der Waals surface area contributed by atoms with Crippen LogP contribution in [0.4, 0.5) is 11.5 Å². The highest BCUT2D eigenvalue weighted by atomic mass is 32.2. The molecule has 2 aromatic rings. The molecule has 21 heavy (non-hydrogen) atoms. The predicted octanol–water partition coefficient (Wildman–Crippen LogP) is 2.54. The maximum Gasteiger partial charge on any atom is 0.179 e. The van der Waals surface area contributed by atoms with Crippen LogP contribution in [0, 0.1) is 11.3 Å². The van der Waals surface area contributed by atoms with E-state index >= 15 is 0 Å². The van der Waals surface area contributed by atoms with Crippen LogP contribution < -0.4 is 4.90 Å². The molecule has 5 nitrogen and oxygen atoms in total. The molecule has 108 valence electrons. The molecule has 0 aliphatic carbocycles. The lowest BCUT2D eigenvalue weighted by atomic mass is 10.2. The molecule has 6 heteroatoms. The molecule has 1 aromatic heterocycles. The van der Waals surface area contributed by atoms with Crippen LogP contribution in [0.3, 0.4) is 0 Å². The van der Waals surface area contributed by atoms with Crippen LogP contribution in [0.1, 0.15) is 6.42 Å². The van der Waals surface area contributed by atoms with Crippen LogP contribution in [0.15, 0.2) is 53.6 Å². The molecule has 0 bridgehead atoms. The normalized spacial score (nSPS) is 10.9. The molecule has 0 unspecified atom stereocenters. The summed E-state index contributed by atoms with van der Waals surface area (Å²) in [7, 11) is -3.40. The van der Waals surface area contributed by atoms with E-state index in [1.807, 2.05) is 30.3 Å². The first kappa shape index (κ1) is 15.0. The number of sulfone groups is 1. The van der Waals surface area contributed by atoms with Gasteiger partial charge in [-0.3, -0.25) is 0 Å². The number of hydrogen-bond acceptors (Lipinski definition) is 5. The Hall–Kier alpha value is -2.39. The van der Waals surface area contributed by atoms with Crippen molar-refractivity contribution in [1.82, 2.24) is 4.98 Å². The summed E-state index contributed by atoms with van der Waals surface area (Å²) in [6, 6.07) is 14.5. The van der Waals surface area contributed by atoms with Gasteiger partial charge in [-0.25, -0.2) is 13.4 Å². The fraction of sp³-hybridized carbons (Fsp3) is 0.200. The average Bonchev–Trinajstić information content (AvgIpc) is 2.48. The first-order chi connectivity index (χ1) is 10.0. The van der Waals surface area contributed by atoms with E-state index in [1.54, 1.807) is 17.2 Å². The van der Waals surface area contributed by atoms with Crippen LogP contribution >= 0.6 is 0 Å². The molecule has 0 spiro atoms. The van der Waals surface area contributed by atoms with Gasteiger partial charge in [-0.15, -0.1) is 0 Å². The third-order valence-electron chi connectivity index (χ3n) is 2.92. The Labute approximate surface area is 124 Å². The zero-order valence-electron chi connectivity index (χ0n) is 11.6. The van der Waals surface area contributed by atoms with Gasteiger partial charge in [0.1, 0.15) is 4.90 Å². The number of anilines is 2. The van der Waals surface area contributed by atoms with Crippen molar-refractivity contribution >= 4 is 21.3 Å². The van der Waals surface area contributed by atoms with Gasteiger partial charge in [0, 0.05) is 24.7 Å². The maximum absolute atomic E-state index is 11.9. The minimum atomic E-state index is -3.40. The Morgan fingerprint density at radius 1 is 1.19 bits per heavy atom. The summed E-state index contributed by atoms with van der Waals surface area (Å²) in [5.41, 5.74) is 0.802. The highest BCUT2D eigenvalue weighted by Gasteiger charge is 2.20. The van der Waals surface area contributed by atoms with Crippen LogP contribution in [0.2, 0.25) is 0 Å². The number of pyridine rings is 1. The highest BCUT2D eigenvalue weighted by molar-refractivity contribution is 7.90. The number of nitrogens with zero attached hydrogens (tertiary/aromatic N) is 3. The molecule has 0 amide bonds. The van der Waals surface area contributed by atoms with E-state index in [2.05, 4.69) is 11.1 Å². The summed E-state index contributed by atoms with van der Waals surface area (Å²) in [6.07, 6.45) is 2.97. The van der Waals surface area contributed by atoms with Crippen LogP contribution in [0.25, 0.3) is 0 Å². The number of rotatable bonds is 5. The topological polar surface area (TPSA) is 74.1 Å². The summed E-state index contributed by atoms with van der Waals surface area (Å²) >= 11 is 0. The van der Waals surface area contributed by atoms with Crippen LogP contribution in [-0.2, 0) is 9.84 Å². The van der Waals surface area contributed by atoms with E-state index in [1.165, 1.54) is 6.07 Å². The molecule has 1 heterocycles. The third kappa shape index (κ3) is 3.58. The van der Waals surface area contributed by atoms with Gasteiger partial charge >= 0.3 is 0 Å². The molecule has 2 rings (SSSR count). The minimum absolute atomic E-state index is 0.159. The molecular formula is C15H15N3O2S. The first-order valence-corrected chi connectivity index (χ1v) is 8.28. The second kappa shape index (κ2) is 6.37. The van der Waals surface area contributed by atoms with E-state index in [-0.39, 0.29) is 11.3 Å². The lowest BCUT2D eigenvalue weighted by Crippen LogP contribution is -2.21. The zero-order chi connectivity index (χ0) is 15.3. The standard InChI is InChI=1S/C15H15N3O2S/c1-21(19,20)14-9-5-11-17-15(14)18(12-6-10-16)13-7-3-2-4-8-13/h2-5,7-9,11H,6,12H2,1H3. The monoisotopic (exact) mass is 301 g/mol. The molecule has 0 radical (unpaired) electrons.